The smallest absolute Gasteiger partial charge is 0.138 e. The van der Waals surface area contributed by atoms with Gasteiger partial charge in [0.15, 0.2) is 0 Å². The number of aliphatic hydroxyl groups excluding tert-OH is 2. The molecule has 3 N–H and O–H groups in total. The molecule has 0 aromatic heterocycles. The number of rotatable bonds is 10. The Hall–Kier alpha value is -0.850. The number of hydrogen-bond acceptors (Lipinski definition) is 5. The molecule has 1 atom stereocenters. The first-order valence-electron chi connectivity index (χ1n) is 6.18. The van der Waals surface area contributed by atoms with Gasteiger partial charge < -0.3 is 25.0 Å². The van der Waals surface area contributed by atoms with E-state index in [1.54, 1.807) is 12.1 Å². The number of hydrogen-bond donors (Lipinski definition) is 3. The highest BCUT2D eigenvalue weighted by molar-refractivity contribution is 6.32. The zero-order chi connectivity index (χ0) is 13.9. The molecule has 1 aromatic carbocycles. The van der Waals surface area contributed by atoms with Crippen LogP contribution in [0.15, 0.2) is 24.3 Å². The molecule has 0 saturated heterocycles. The topological polar surface area (TPSA) is 71.0 Å². The van der Waals surface area contributed by atoms with Crippen LogP contribution in [0.1, 0.15) is 0 Å². The van der Waals surface area contributed by atoms with E-state index in [4.69, 9.17) is 26.2 Å². The molecule has 0 radical (unpaired) electrons. The lowest BCUT2D eigenvalue weighted by Gasteiger charge is -2.14. The molecule has 19 heavy (non-hydrogen) atoms. The lowest BCUT2D eigenvalue weighted by Crippen LogP contribution is -2.33. The predicted molar refractivity (Wildman–Crippen MR) is 73.7 cm³/mol. The number of ether oxygens (including phenoxy) is 2. The highest BCUT2D eigenvalue weighted by atomic mass is 35.5. The summed E-state index contributed by atoms with van der Waals surface area (Å²) >= 11 is 5.92. The molecule has 0 spiro atoms. The van der Waals surface area contributed by atoms with Crippen LogP contribution < -0.4 is 10.1 Å². The van der Waals surface area contributed by atoms with E-state index in [1.165, 1.54) is 0 Å². The third-order valence-corrected chi connectivity index (χ3v) is 2.62. The van der Waals surface area contributed by atoms with Crippen LogP contribution in [0.2, 0.25) is 5.02 Å². The SMILES string of the molecule is OCCOCCNCC(O)COc1ccccc1Cl. The Balaban J connectivity index is 2.08. The van der Waals surface area contributed by atoms with Gasteiger partial charge in [-0.05, 0) is 12.1 Å². The minimum absolute atomic E-state index is 0.0221. The van der Waals surface area contributed by atoms with Gasteiger partial charge in [-0.2, -0.15) is 0 Å². The largest absolute Gasteiger partial charge is 0.489 e. The standard InChI is InChI=1S/C13H20ClNO4/c14-12-3-1-2-4-13(12)19-10-11(17)9-15-5-7-18-8-6-16/h1-4,11,15-17H,5-10H2. The summed E-state index contributed by atoms with van der Waals surface area (Å²) in [6.45, 7) is 2.05. The van der Waals surface area contributed by atoms with Crippen LogP contribution in [0.5, 0.6) is 5.75 Å². The van der Waals surface area contributed by atoms with Crippen molar-refractivity contribution in [3.8, 4) is 5.75 Å². The summed E-state index contributed by atoms with van der Waals surface area (Å²) in [5.41, 5.74) is 0. The summed E-state index contributed by atoms with van der Waals surface area (Å²) < 4.78 is 10.5. The first-order valence-corrected chi connectivity index (χ1v) is 6.56. The zero-order valence-corrected chi connectivity index (χ0v) is 11.5. The minimum Gasteiger partial charge on any atom is -0.489 e. The summed E-state index contributed by atoms with van der Waals surface area (Å²) in [6, 6.07) is 7.13. The van der Waals surface area contributed by atoms with E-state index in [9.17, 15) is 5.11 Å². The van der Waals surface area contributed by atoms with Gasteiger partial charge in [0.05, 0.1) is 24.8 Å². The Kier molecular flexibility index (Phi) is 8.53. The van der Waals surface area contributed by atoms with Crippen molar-refractivity contribution in [3.05, 3.63) is 29.3 Å². The molecule has 1 unspecified atom stereocenters. The monoisotopic (exact) mass is 289 g/mol. The van der Waals surface area contributed by atoms with Crippen LogP contribution in [0.4, 0.5) is 0 Å². The van der Waals surface area contributed by atoms with Crippen LogP contribution >= 0.6 is 11.6 Å². The zero-order valence-electron chi connectivity index (χ0n) is 10.7. The van der Waals surface area contributed by atoms with Gasteiger partial charge in [-0.15, -0.1) is 0 Å². The summed E-state index contributed by atoms with van der Waals surface area (Å²) in [4.78, 5) is 0. The first-order chi connectivity index (χ1) is 9.24. The van der Waals surface area contributed by atoms with E-state index in [0.717, 1.165) is 0 Å². The van der Waals surface area contributed by atoms with Crippen molar-refractivity contribution in [2.45, 2.75) is 6.10 Å². The van der Waals surface area contributed by atoms with Crippen LogP contribution in [-0.4, -0.2) is 55.8 Å². The highest BCUT2D eigenvalue weighted by Gasteiger charge is 2.06. The van der Waals surface area contributed by atoms with Gasteiger partial charge in [-0.25, -0.2) is 0 Å². The maximum absolute atomic E-state index is 9.69. The van der Waals surface area contributed by atoms with Gasteiger partial charge in [0.2, 0.25) is 0 Å². The van der Waals surface area contributed by atoms with E-state index in [0.29, 0.717) is 37.1 Å². The molecule has 0 aliphatic heterocycles. The fourth-order valence-electron chi connectivity index (χ4n) is 1.39. The third-order valence-electron chi connectivity index (χ3n) is 2.31. The number of aliphatic hydroxyl groups is 2. The van der Waals surface area contributed by atoms with Crippen LogP contribution in [0.25, 0.3) is 0 Å². The van der Waals surface area contributed by atoms with Crippen molar-refractivity contribution in [1.29, 1.82) is 0 Å². The van der Waals surface area contributed by atoms with E-state index in [-0.39, 0.29) is 13.2 Å². The van der Waals surface area contributed by atoms with Gasteiger partial charge in [-0.1, -0.05) is 23.7 Å². The van der Waals surface area contributed by atoms with Gasteiger partial charge in [-0.3, -0.25) is 0 Å². The van der Waals surface area contributed by atoms with E-state index in [2.05, 4.69) is 5.32 Å². The van der Waals surface area contributed by atoms with Crippen molar-refractivity contribution in [2.75, 3.05) is 39.5 Å². The van der Waals surface area contributed by atoms with Crippen LogP contribution in [0, 0.1) is 0 Å². The summed E-state index contributed by atoms with van der Waals surface area (Å²) in [6.07, 6.45) is -0.617. The molecule has 0 aliphatic rings. The molecule has 6 heteroatoms. The van der Waals surface area contributed by atoms with Gasteiger partial charge in [0.25, 0.3) is 0 Å². The molecule has 0 heterocycles. The molecule has 108 valence electrons. The summed E-state index contributed by atoms with van der Waals surface area (Å²) in [5, 5.41) is 21.7. The van der Waals surface area contributed by atoms with Gasteiger partial charge in [0, 0.05) is 13.1 Å². The van der Waals surface area contributed by atoms with E-state index in [1.807, 2.05) is 12.1 Å². The lowest BCUT2D eigenvalue weighted by atomic mass is 10.3. The Labute approximate surface area is 118 Å². The minimum atomic E-state index is -0.617. The lowest BCUT2D eigenvalue weighted by molar-refractivity contribution is 0.0842. The van der Waals surface area contributed by atoms with Crippen molar-refractivity contribution in [3.63, 3.8) is 0 Å². The maximum atomic E-state index is 9.69. The number of para-hydroxylation sites is 1. The quantitative estimate of drug-likeness (QED) is 0.553. The third kappa shape index (κ3) is 7.34. The highest BCUT2D eigenvalue weighted by Crippen LogP contribution is 2.22. The predicted octanol–water partition coefficient (Wildman–Crippen LogP) is 0.678. The maximum Gasteiger partial charge on any atom is 0.138 e. The second-order valence-corrected chi connectivity index (χ2v) is 4.34. The number of nitrogens with one attached hydrogen (secondary N) is 1. The molecular formula is C13H20ClNO4. The summed E-state index contributed by atoms with van der Waals surface area (Å²) in [7, 11) is 0. The van der Waals surface area contributed by atoms with Crippen molar-refractivity contribution >= 4 is 11.6 Å². The first kappa shape index (κ1) is 16.2. The average molecular weight is 290 g/mol. The normalized spacial score (nSPS) is 12.4. The van der Waals surface area contributed by atoms with Crippen molar-refractivity contribution < 1.29 is 19.7 Å². The Bertz CT molecular complexity index is 351. The molecule has 0 fully saturated rings. The van der Waals surface area contributed by atoms with Crippen LogP contribution in [-0.2, 0) is 4.74 Å². The Morgan fingerprint density at radius 3 is 2.79 bits per heavy atom. The van der Waals surface area contributed by atoms with Crippen LogP contribution in [0.3, 0.4) is 0 Å². The molecule has 1 rings (SSSR count). The molecule has 0 saturated carbocycles. The Morgan fingerprint density at radius 1 is 1.26 bits per heavy atom. The summed E-state index contributed by atoms with van der Waals surface area (Å²) in [5.74, 6) is 0.564. The molecule has 1 aromatic rings. The molecule has 0 bridgehead atoms. The van der Waals surface area contributed by atoms with Gasteiger partial charge >= 0.3 is 0 Å². The number of halogens is 1. The number of benzene rings is 1. The Morgan fingerprint density at radius 2 is 2.05 bits per heavy atom. The fourth-order valence-corrected chi connectivity index (χ4v) is 1.58. The second kappa shape index (κ2) is 10.00. The fraction of sp³-hybridized carbons (Fsp3) is 0.538. The van der Waals surface area contributed by atoms with Crippen molar-refractivity contribution in [1.82, 2.24) is 5.32 Å². The van der Waals surface area contributed by atoms with Crippen molar-refractivity contribution in [2.24, 2.45) is 0 Å². The molecule has 0 aliphatic carbocycles. The molecule has 5 nitrogen and oxygen atoms in total. The average Bonchev–Trinajstić information content (AvgIpc) is 2.42. The van der Waals surface area contributed by atoms with Gasteiger partial charge in [0.1, 0.15) is 18.5 Å². The van der Waals surface area contributed by atoms with E-state index >= 15 is 0 Å². The molecule has 0 amide bonds. The van der Waals surface area contributed by atoms with E-state index < -0.39 is 6.10 Å². The molecular weight excluding hydrogens is 270 g/mol. The second-order valence-electron chi connectivity index (χ2n) is 3.94.